The Kier molecular flexibility index (Phi) is 19.8. The van der Waals surface area contributed by atoms with E-state index in [0.29, 0.717) is 43.9 Å². The number of H-pyrrole nitrogens is 3. The molecule has 0 radical (unpaired) electrons. The van der Waals surface area contributed by atoms with Crippen molar-refractivity contribution < 1.29 is 18.9 Å². The number of para-hydroxylation sites is 3. The normalized spacial score (nSPS) is 10.9. The predicted octanol–water partition coefficient (Wildman–Crippen LogP) is 15.5. The highest BCUT2D eigenvalue weighted by Gasteiger charge is 2.11. The average Bonchev–Trinajstić information content (AvgIpc) is 1.90. The van der Waals surface area contributed by atoms with Crippen LogP contribution in [0.15, 0.2) is 259 Å². The maximum absolute atomic E-state index is 6.02. The Morgan fingerprint density at radius 1 is 0.330 bits per heavy atom. The number of nitrogens with zero attached hydrogens (tertiary/aromatic N) is 12. The van der Waals surface area contributed by atoms with Crippen LogP contribution in [0.25, 0.3) is 66.9 Å². The first kappa shape index (κ1) is 61.2. The van der Waals surface area contributed by atoms with E-state index in [9.17, 15) is 0 Å². The van der Waals surface area contributed by atoms with Gasteiger partial charge in [-0.1, -0.05) is 152 Å². The molecule has 0 aliphatic rings. The minimum atomic E-state index is 0.415. The molecule has 0 aliphatic carbocycles. The number of aromatic nitrogens is 15. The number of fused-ring (bicyclic) bond motifs is 3. The number of ether oxygens (including phenoxy) is 4. The summed E-state index contributed by atoms with van der Waals surface area (Å²) in [6.07, 6.45) is 0. The molecule has 462 valence electrons. The summed E-state index contributed by atoms with van der Waals surface area (Å²) in [7, 11) is 0. The molecule has 3 N–H and O–H groups in total. The molecule has 15 aromatic rings. The quantitative estimate of drug-likeness (QED) is 0.0567. The first-order valence-electron chi connectivity index (χ1n) is 30.0. The lowest BCUT2D eigenvalue weighted by Gasteiger charge is -2.12. The molecule has 0 bridgehead atoms. The van der Waals surface area contributed by atoms with Gasteiger partial charge in [0.25, 0.3) is 0 Å². The largest absolute Gasteiger partial charge is 0.489 e. The van der Waals surface area contributed by atoms with E-state index in [2.05, 4.69) is 140 Å². The first-order chi connectivity index (χ1) is 46.4. The fourth-order valence-electron chi connectivity index (χ4n) is 9.87. The van der Waals surface area contributed by atoms with Crippen molar-refractivity contribution in [2.75, 3.05) is 0 Å². The molecule has 6 aromatic heterocycles. The van der Waals surface area contributed by atoms with Crippen molar-refractivity contribution in [2.24, 2.45) is 0 Å². The van der Waals surface area contributed by atoms with Gasteiger partial charge < -0.3 is 18.9 Å². The molecule has 15 rings (SSSR count). The molecule has 6 heterocycles. The summed E-state index contributed by atoms with van der Waals surface area (Å²) in [6.45, 7) is 3.85. The second-order valence-corrected chi connectivity index (χ2v) is 23.5. The summed E-state index contributed by atoms with van der Waals surface area (Å²) < 4.78 is 24.0. The van der Waals surface area contributed by atoms with E-state index < -0.39 is 0 Å². The Hall–Kier alpha value is -11.7. The molecule has 0 atom stereocenters. The van der Waals surface area contributed by atoms with Gasteiger partial charge in [0.2, 0.25) is 17.5 Å². The second kappa shape index (κ2) is 30.4. The SMILES string of the molecule is Cc1cc(OCc2ccc(-c3nn[nH]n3)cc2)ccc1OCc1ccc2ccccc2n1.c1cc(OCc2ccc(-c3nn[nH]n3)cc2)cc(SCc2ccc3ccccc3n2)c1.c1cc(OCc2cccc(-c3nn[nH]n3)c2)cc(SCc2ccc3ccccc3n2)c1. The number of thioether (sulfide) groups is 2. The topological polar surface area (TPSA) is 239 Å². The Morgan fingerprint density at radius 2 is 0.766 bits per heavy atom. The molecule has 0 saturated heterocycles. The number of hydrogen-bond donors (Lipinski definition) is 3. The Bertz CT molecular complexity index is 4910. The number of aryl methyl sites for hydroxylation is 1. The predicted molar refractivity (Wildman–Crippen MR) is 365 cm³/mol. The molecule has 0 aliphatic heterocycles. The van der Waals surface area contributed by atoms with E-state index >= 15 is 0 Å². The fraction of sp³-hybridized carbons (Fsp3) is 0.0959. The minimum absolute atomic E-state index is 0.415. The van der Waals surface area contributed by atoms with Gasteiger partial charge >= 0.3 is 0 Å². The van der Waals surface area contributed by atoms with Gasteiger partial charge in [0.15, 0.2) is 0 Å². The summed E-state index contributed by atoms with van der Waals surface area (Å²) >= 11 is 3.50. The van der Waals surface area contributed by atoms with E-state index in [0.717, 1.165) is 133 Å². The average molecular weight is 1270 g/mol. The van der Waals surface area contributed by atoms with Crippen molar-refractivity contribution in [3.63, 3.8) is 0 Å². The summed E-state index contributed by atoms with van der Waals surface area (Å²) in [5.41, 5.74) is 13.0. The molecule has 0 fully saturated rings. The van der Waals surface area contributed by atoms with Crippen molar-refractivity contribution >= 4 is 56.2 Å². The second-order valence-electron chi connectivity index (χ2n) is 21.4. The third-order valence-corrected chi connectivity index (χ3v) is 16.8. The molecular formula is C73H59N15O4S2. The van der Waals surface area contributed by atoms with E-state index in [4.69, 9.17) is 28.9 Å². The molecule has 9 aromatic carbocycles. The highest BCUT2D eigenvalue weighted by molar-refractivity contribution is 7.98. The van der Waals surface area contributed by atoms with Crippen LogP contribution in [0, 0.1) is 6.92 Å². The van der Waals surface area contributed by atoms with Crippen LogP contribution < -0.4 is 18.9 Å². The fourth-order valence-corrected chi connectivity index (χ4v) is 11.6. The van der Waals surface area contributed by atoms with Gasteiger partial charge in [-0.2, -0.15) is 15.6 Å². The maximum Gasteiger partial charge on any atom is 0.204 e. The Morgan fingerprint density at radius 3 is 1.24 bits per heavy atom. The van der Waals surface area contributed by atoms with E-state index in [1.54, 1.807) is 23.5 Å². The number of nitrogens with one attached hydrogen (secondary N) is 3. The van der Waals surface area contributed by atoms with E-state index in [1.807, 2.05) is 183 Å². The van der Waals surface area contributed by atoms with Crippen molar-refractivity contribution in [3.8, 4) is 57.2 Å². The third-order valence-electron chi connectivity index (χ3n) is 14.7. The molecule has 19 nitrogen and oxygen atoms in total. The highest BCUT2D eigenvalue weighted by atomic mass is 32.2. The molecule has 0 amide bonds. The highest BCUT2D eigenvalue weighted by Crippen LogP contribution is 2.31. The zero-order chi connectivity index (χ0) is 63.5. The van der Waals surface area contributed by atoms with Crippen molar-refractivity contribution in [1.29, 1.82) is 0 Å². The first-order valence-corrected chi connectivity index (χ1v) is 32.0. The monoisotopic (exact) mass is 1270 g/mol. The number of tetrazole rings is 3. The van der Waals surface area contributed by atoms with Crippen LogP contribution in [0.2, 0.25) is 0 Å². The number of hydrogen-bond acceptors (Lipinski definition) is 18. The number of benzene rings is 9. The summed E-state index contributed by atoms with van der Waals surface area (Å²) in [6, 6.07) is 82.9. The van der Waals surface area contributed by atoms with Crippen LogP contribution >= 0.6 is 23.5 Å². The molecule has 94 heavy (non-hydrogen) atoms. The van der Waals surface area contributed by atoms with Crippen molar-refractivity contribution in [1.82, 2.24) is 76.8 Å². The number of pyridine rings is 3. The van der Waals surface area contributed by atoms with Crippen LogP contribution in [0.4, 0.5) is 0 Å². The molecule has 21 heteroatoms. The summed E-state index contributed by atoms with van der Waals surface area (Å²) in [5.74, 6) is 6.63. The van der Waals surface area contributed by atoms with Gasteiger partial charge in [-0.3, -0.25) is 9.97 Å². The van der Waals surface area contributed by atoms with Gasteiger partial charge in [-0.15, -0.1) is 54.1 Å². The molecule has 0 spiro atoms. The lowest BCUT2D eigenvalue weighted by molar-refractivity contribution is 0.293. The van der Waals surface area contributed by atoms with Crippen LogP contribution in [0.3, 0.4) is 0 Å². The zero-order valence-corrected chi connectivity index (χ0v) is 52.4. The van der Waals surface area contributed by atoms with E-state index in [1.165, 1.54) is 0 Å². The molecule has 0 saturated carbocycles. The van der Waals surface area contributed by atoms with Gasteiger partial charge in [-0.05, 0) is 142 Å². The third kappa shape index (κ3) is 16.6. The van der Waals surface area contributed by atoms with Gasteiger partial charge in [-0.25, -0.2) is 4.98 Å². The Balaban J connectivity index is 0.000000128. The maximum atomic E-state index is 6.02. The zero-order valence-electron chi connectivity index (χ0n) is 50.7. The lowest BCUT2D eigenvalue weighted by atomic mass is 10.1. The van der Waals surface area contributed by atoms with Crippen molar-refractivity contribution in [2.45, 2.75) is 54.6 Å². The van der Waals surface area contributed by atoms with Crippen LogP contribution in [0.1, 0.15) is 39.3 Å². The smallest absolute Gasteiger partial charge is 0.204 e. The lowest BCUT2D eigenvalue weighted by Crippen LogP contribution is -2.00. The summed E-state index contributed by atoms with van der Waals surface area (Å²) in [5, 5.41) is 45.6. The number of rotatable bonds is 21. The molecule has 0 unspecified atom stereocenters. The van der Waals surface area contributed by atoms with Crippen molar-refractivity contribution in [3.05, 3.63) is 288 Å². The van der Waals surface area contributed by atoms with E-state index in [-0.39, 0.29) is 0 Å². The number of aromatic amines is 3. The van der Waals surface area contributed by atoms with Gasteiger partial charge in [0, 0.05) is 54.1 Å². The van der Waals surface area contributed by atoms with Gasteiger partial charge in [0.1, 0.15) is 49.4 Å². The summed E-state index contributed by atoms with van der Waals surface area (Å²) in [4.78, 5) is 16.5. The van der Waals surface area contributed by atoms with Gasteiger partial charge in [0.05, 0.1) is 33.6 Å². The molecular weight excluding hydrogens is 1220 g/mol. The van der Waals surface area contributed by atoms with Crippen LogP contribution in [-0.2, 0) is 37.9 Å². The minimum Gasteiger partial charge on any atom is -0.489 e. The van der Waals surface area contributed by atoms with Crippen LogP contribution in [0.5, 0.6) is 23.0 Å². The van der Waals surface area contributed by atoms with Crippen LogP contribution in [-0.4, -0.2) is 76.8 Å². The standard InChI is InChI=1S/C25H21N5O2.2C24H19N5OS/c1-17-14-22(31-15-18-6-8-20(9-7-18)25-27-29-30-28-25)12-13-24(17)32-16-21-11-10-19-4-2-3-5-23(19)26-21;1-2-10-23-18(6-1)11-12-20(25-23)16-31-22-9-4-8-21(14-22)30-15-17-5-3-7-19(13-17)24-26-28-29-27-24;1-2-7-23-18(4-1)12-13-20(25-23)16-31-22-6-3-5-21(14-22)30-15-17-8-10-19(11-9-17)24-26-28-29-27-24/h2-14H,15-16H2,1H3,(H,27,28,29,30);2*1-14H,15-16H2,(H,26,27,28,29). The Labute approximate surface area is 548 Å².